The molecular weight excluding hydrogens is 232 g/mol. The van der Waals surface area contributed by atoms with Crippen LogP contribution < -0.4 is 0 Å². The van der Waals surface area contributed by atoms with Crippen LogP contribution in [-0.4, -0.2) is 18.3 Å². The summed E-state index contributed by atoms with van der Waals surface area (Å²) >= 11 is 1.55. The van der Waals surface area contributed by atoms with Crippen molar-refractivity contribution in [2.75, 3.05) is 12.4 Å². The summed E-state index contributed by atoms with van der Waals surface area (Å²) in [7, 11) is 0. The van der Waals surface area contributed by atoms with E-state index in [1.807, 2.05) is 0 Å². The smallest absolute Gasteiger partial charge is 0.316 e. The Balaban J connectivity index is 2.39. The molecule has 17 heavy (non-hydrogen) atoms. The number of unbranched alkanes of at least 4 members (excludes halogenated alkanes) is 1. The maximum atomic E-state index is 11.4. The van der Waals surface area contributed by atoms with E-state index in [-0.39, 0.29) is 5.97 Å². The van der Waals surface area contributed by atoms with E-state index in [9.17, 15) is 4.79 Å². The Bertz CT molecular complexity index is 374. The minimum Gasteiger partial charge on any atom is -0.465 e. The molecule has 1 rings (SSSR count). The first-order valence-corrected chi connectivity index (χ1v) is 6.97. The summed E-state index contributed by atoms with van der Waals surface area (Å²) in [6.45, 7) is 6.74. The number of carbonyl (C=O) groups excluding carboxylic acids is 1. The van der Waals surface area contributed by atoms with Gasteiger partial charge in [0, 0.05) is 4.90 Å². The first-order chi connectivity index (χ1) is 8.13. The Morgan fingerprint density at radius 2 is 2.12 bits per heavy atom. The molecule has 0 aliphatic rings. The van der Waals surface area contributed by atoms with E-state index in [4.69, 9.17) is 4.74 Å². The molecule has 3 heteroatoms. The highest BCUT2D eigenvalue weighted by Gasteiger charge is 2.06. The zero-order valence-corrected chi connectivity index (χ0v) is 11.6. The Labute approximate surface area is 108 Å². The van der Waals surface area contributed by atoms with Crippen molar-refractivity contribution in [3.8, 4) is 0 Å². The van der Waals surface area contributed by atoms with Gasteiger partial charge in [-0.1, -0.05) is 31.0 Å². The lowest BCUT2D eigenvalue weighted by molar-refractivity contribution is -0.140. The van der Waals surface area contributed by atoms with E-state index in [2.05, 4.69) is 39.0 Å². The lowest BCUT2D eigenvalue weighted by Crippen LogP contribution is -2.08. The first kappa shape index (κ1) is 14.1. The molecule has 94 valence electrons. The summed E-state index contributed by atoms with van der Waals surface area (Å²) in [5.74, 6) is 0.276. The molecular formula is C14H20O2S. The molecule has 0 spiro atoms. The van der Waals surface area contributed by atoms with Gasteiger partial charge in [0.1, 0.15) is 0 Å². The van der Waals surface area contributed by atoms with Gasteiger partial charge >= 0.3 is 5.97 Å². The van der Waals surface area contributed by atoms with Crippen LogP contribution in [0.5, 0.6) is 0 Å². The lowest BCUT2D eigenvalue weighted by Gasteiger charge is -2.07. The van der Waals surface area contributed by atoms with Crippen LogP contribution in [0.1, 0.15) is 30.9 Å². The average Bonchev–Trinajstić information content (AvgIpc) is 2.31. The van der Waals surface area contributed by atoms with E-state index < -0.39 is 0 Å². The summed E-state index contributed by atoms with van der Waals surface area (Å²) in [5, 5.41) is 0. The molecule has 1 aromatic rings. The fraction of sp³-hybridized carbons (Fsp3) is 0.500. The van der Waals surface area contributed by atoms with Crippen LogP contribution in [0.3, 0.4) is 0 Å². The molecule has 0 amide bonds. The molecule has 0 N–H and O–H groups in total. The number of aryl methyl sites for hydroxylation is 2. The van der Waals surface area contributed by atoms with Crippen LogP contribution in [0, 0.1) is 13.8 Å². The third-order valence-corrected chi connectivity index (χ3v) is 3.58. The maximum absolute atomic E-state index is 11.4. The second kappa shape index (κ2) is 7.38. The highest BCUT2D eigenvalue weighted by molar-refractivity contribution is 8.00. The monoisotopic (exact) mass is 252 g/mol. The van der Waals surface area contributed by atoms with Gasteiger partial charge in [-0.15, -0.1) is 11.8 Å². The van der Waals surface area contributed by atoms with E-state index in [0.717, 1.165) is 17.7 Å². The molecule has 0 saturated heterocycles. The lowest BCUT2D eigenvalue weighted by atomic mass is 10.2. The number of hydrogen-bond acceptors (Lipinski definition) is 3. The van der Waals surface area contributed by atoms with E-state index >= 15 is 0 Å². The molecule has 0 heterocycles. The van der Waals surface area contributed by atoms with Crippen LogP contribution in [-0.2, 0) is 9.53 Å². The molecule has 1 aromatic carbocycles. The SMILES string of the molecule is CCCCOC(=O)CSc1cc(C)ccc1C. The average molecular weight is 252 g/mol. The van der Waals surface area contributed by atoms with E-state index in [0.29, 0.717) is 12.4 Å². The number of esters is 1. The highest BCUT2D eigenvalue weighted by Crippen LogP contribution is 2.23. The Hall–Kier alpha value is -0.960. The molecule has 0 saturated carbocycles. The standard InChI is InChI=1S/C14H20O2S/c1-4-5-8-16-14(15)10-17-13-9-11(2)6-7-12(13)3/h6-7,9H,4-5,8,10H2,1-3H3. The van der Waals surface area contributed by atoms with Gasteiger partial charge in [-0.25, -0.2) is 0 Å². The minimum atomic E-state index is -0.121. The number of benzene rings is 1. The van der Waals surface area contributed by atoms with Crippen LogP contribution in [0.15, 0.2) is 23.1 Å². The second-order valence-corrected chi connectivity index (χ2v) is 5.15. The quantitative estimate of drug-likeness (QED) is 0.438. The van der Waals surface area contributed by atoms with Crippen molar-refractivity contribution in [1.29, 1.82) is 0 Å². The maximum Gasteiger partial charge on any atom is 0.316 e. The van der Waals surface area contributed by atoms with Crippen LogP contribution in [0.25, 0.3) is 0 Å². The fourth-order valence-corrected chi connectivity index (χ4v) is 2.29. The third-order valence-electron chi connectivity index (χ3n) is 2.45. The Kier molecular flexibility index (Phi) is 6.12. The van der Waals surface area contributed by atoms with E-state index in [1.54, 1.807) is 11.8 Å². The topological polar surface area (TPSA) is 26.3 Å². The Morgan fingerprint density at radius 1 is 1.35 bits per heavy atom. The van der Waals surface area contributed by atoms with Crippen LogP contribution >= 0.6 is 11.8 Å². The van der Waals surface area contributed by atoms with Crippen molar-refractivity contribution in [3.05, 3.63) is 29.3 Å². The van der Waals surface area contributed by atoms with Crippen molar-refractivity contribution < 1.29 is 9.53 Å². The normalized spacial score (nSPS) is 10.3. The molecule has 2 nitrogen and oxygen atoms in total. The zero-order valence-electron chi connectivity index (χ0n) is 10.8. The van der Waals surface area contributed by atoms with Crippen LogP contribution in [0.2, 0.25) is 0 Å². The van der Waals surface area contributed by atoms with Crippen molar-refractivity contribution in [3.63, 3.8) is 0 Å². The van der Waals surface area contributed by atoms with Gasteiger partial charge < -0.3 is 4.74 Å². The van der Waals surface area contributed by atoms with Crippen molar-refractivity contribution >= 4 is 17.7 Å². The number of thioether (sulfide) groups is 1. The zero-order chi connectivity index (χ0) is 12.7. The van der Waals surface area contributed by atoms with Gasteiger partial charge in [0.15, 0.2) is 0 Å². The van der Waals surface area contributed by atoms with E-state index in [1.165, 1.54) is 11.1 Å². The predicted octanol–water partition coefficient (Wildman–Crippen LogP) is 3.74. The van der Waals surface area contributed by atoms with Gasteiger partial charge in [-0.05, 0) is 31.9 Å². The summed E-state index contributed by atoms with van der Waals surface area (Å²) in [4.78, 5) is 12.6. The Morgan fingerprint density at radius 3 is 2.82 bits per heavy atom. The van der Waals surface area contributed by atoms with Gasteiger partial charge in [-0.2, -0.15) is 0 Å². The van der Waals surface area contributed by atoms with Gasteiger partial charge in [0.05, 0.1) is 12.4 Å². The molecule has 0 aromatic heterocycles. The molecule has 0 aliphatic carbocycles. The van der Waals surface area contributed by atoms with Crippen LogP contribution in [0.4, 0.5) is 0 Å². The minimum absolute atomic E-state index is 0.121. The molecule has 0 unspecified atom stereocenters. The summed E-state index contributed by atoms with van der Waals surface area (Å²) in [5.41, 5.74) is 2.43. The number of ether oxygens (including phenoxy) is 1. The largest absolute Gasteiger partial charge is 0.465 e. The van der Waals surface area contributed by atoms with Crippen molar-refractivity contribution in [1.82, 2.24) is 0 Å². The molecule has 0 atom stereocenters. The molecule has 0 radical (unpaired) electrons. The highest BCUT2D eigenvalue weighted by atomic mass is 32.2. The summed E-state index contributed by atoms with van der Waals surface area (Å²) in [6.07, 6.45) is 2.00. The molecule has 0 aliphatic heterocycles. The van der Waals surface area contributed by atoms with Crippen molar-refractivity contribution in [2.24, 2.45) is 0 Å². The first-order valence-electron chi connectivity index (χ1n) is 5.99. The van der Waals surface area contributed by atoms with Crippen molar-refractivity contribution in [2.45, 2.75) is 38.5 Å². The molecule has 0 bridgehead atoms. The fourth-order valence-electron chi connectivity index (χ4n) is 1.37. The summed E-state index contributed by atoms with van der Waals surface area (Å²) in [6, 6.07) is 6.28. The van der Waals surface area contributed by atoms with Gasteiger partial charge in [0.25, 0.3) is 0 Å². The number of rotatable bonds is 6. The number of hydrogen-bond donors (Lipinski definition) is 0. The van der Waals surface area contributed by atoms with Gasteiger partial charge in [0.2, 0.25) is 0 Å². The summed E-state index contributed by atoms with van der Waals surface area (Å²) < 4.78 is 5.11. The van der Waals surface area contributed by atoms with Gasteiger partial charge in [-0.3, -0.25) is 4.79 Å². The third kappa shape index (κ3) is 5.26. The molecule has 0 fully saturated rings. The second-order valence-electron chi connectivity index (χ2n) is 4.13. The predicted molar refractivity (Wildman–Crippen MR) is 72.5 cm³/mol. The number of carbonyl (C=O) groups is 1.